The Morgan fingerprint density at radius 3 is 2.73 bits per heavy atom. The van der Waals surface area contributed by atoms with Crippen molar-refractivity contribution < 1.29 is 15.0 Å². The molecule has 15 heavy (non-hydrogen) atoms. The van der Waals surface area contributed by atoms with Crippen LogP contribution in [0, 0.1) is 0 Å². The molecule has 0 aromatic heterocycles. The molecule has 0 radical (unpaired) electrons. The van der Waals surface area contributed by atoms with E-state index in [9.17, 15) is 9.90 Å². The van der Waals surface area contributed by atoms with Gasteiger partial charge in [0.15, 0.2) is 0 Å². The predicted octanol–water partition coefficient (Wildman–Crippen LogP) is 1.60. The highest BCUT2D eigenvalue weighted by Gasteiger charge is 2.08. The summed E-state index contributed by atoms with van der Waals surface area (Å²) in [5.74, 6) is 0.0427. The number of Topliss-reactive ketones (excluding diaryl/α,β-unsaturated/α-hetero) is 1. The van der Waals surface area contributed by atoms with Crippen molar-refractivity contribution in [1.29, 1.82) is 0 Å². The lowest BCUT2D eigenvalue weighted by Gasteiger charge is -2.06. The molecule has 0 rings (SSSR count). The number of ketones is 1. The average Bonchev–Trinajstić information content (AvgIpc) is 2.17. The fourth-order valence-electron chi connectivity index (χ4n) is 1.15. The van der Waals surface area contributed by atoms with Crippen LogP contribution in [0.2, 0.25) is 0 Å². The van der Waals surface area contributed by atoms with Gasteiger partial charge in [-0.1, -0.05) is 24.3 Å². The molecule has 0 fully saturated rings. The van der Waals surface area contributed by atoms with Crippen molar-refractivity contribution in [2.75, 3.05) is 6.61 Å². The highest BCUT2D eigenvalue weighted by Crippen LogP contribution is 2.03. The topological polar surface area (TPSA) is 57.5 Å². The lowest BCUT2D eigenvalue weighted by Crippen LogP contribution is -2.14. The monoisotopic (exact) mass is 212 g/mol. The normalized spacial score (nSPS) is 13.8. The van der Waals surface area contributed by atoms with E-state index in [4.69, 9.17) is 5.11 Å². The number of hydrogen-bond acceptors (Lipinski definition) is 3. The molecule has 0 saturated heterocycles. The zero-order valence-electron chi connectivity index (χ0n) is 9.22. The molecular weight excluding hydrogens is 192 g/mol. The predicted molar refractivity (Wildman–Crippen MR) is 60.5 cm³/mol. The third-order valence-corrected chi connectivity index (χ3v) is 1.96. The maximum atomic E-state index is 11.3. The summed E-state index contributed by atoms with van der Waals surface area (Å²) in [6.07, 6.45) is 8.55. The van der Waals surface area contributed by atoms with E-state index in [1.54, 1.807) is 0 Å². The largest absolute Gasteiger partial charge is 0.396 e. The lowest BCUT2D eigenvalue weighted by atomic mass is 10.1. The van der Waals surface area contributed by atoms with Crippen LogP contribution in [0.25, 0.3) is 0 Å². The Morgan fingerprint density at radius 2 is 2.13 bits per heavy atom. The first-order valence-electron chi connectivity index (χ1n) is 5.29. The van der Waals surface area contributed by atoms with E-state index in [1.807, 2.05) is 31.2 Å². The number of carbonyl (C=O) groups excluding carboxylic acids is 1. The highest BCUT2D eigenvalue weighted by atomic mass is 16.3. The lowest BCUT2D eigenvalue weighted by molar-refractivity contribution is -0.121. The Hall–Kier alpha value is -0.930. The smallest absolute Gasteiger partial charge is 0.135 e. The van der Waals surface area contributed by atoms with E-state index >= 15 is 0 Å². The molecule has 0 aromatic carbocycles. The summed E-state index contributed by atoms with van der Waals surface area (Å²) in [6, 6.07) is 0. The molecule has 0 aliphatic carbocycles. The van der Waals surface area contributed by atoms with Gasteiger partial charge in [-0.05, 0) is 19.8 Å². The van der Waals surface area contributed by atoms with E-state index in [0.29, 0.717) is 12.8 Å². The minimum Gasteiger partial charge on any atom is -0.396 e. The third-order valence-electron chi connectivity index (χ3n) is 1.96. The first-order valence-corrected chi connectivity index (χ1v) is 5.29. The highest BCUT2D eigenvalue weighted by molar-refractivity contribution is 5.78. The van der Waals surface area contributed by atoms with Gasteiger partial charge in [-0.2, -0.15) is 0 Å². The molecule has 0 aliphatic heterocycles. The molecule has 0 aromatic rings. The Kier molecular flexibility index (Phi) is 9.02. The number of aliphatic hydroxyl groups is 2. The van der Waals surface area contributed by atoms with Crippen molar-refractivity contribution >= 4 is 5.78 Å². The SMILES string of the molecule is C/C=C/C=C/CCC(=O)CC(O)CCO. The van der Waals surface area contributed by atoms with E-state index < -0.39 is 6.10 Å². The first-order chi connectivity index (χ1) is 7.20. The summed E-state index contributed by atoms with van der Waals surface area (Å²) in [4.78, 5) is 11.3. The summed E-state index contributed by atoms with van der Waals surface area (Å²) in [6.45, 7) is 1.86. The van der Waals surface area contributed by atoms with Crippen molar-refractivity contribution in [3.05, 3.63) is 24.3 Å². The van der Waals surface area contributed by atoms with E-state index in [0.717, 1.165) is 0 Å². The van der Waals surface area contributed by atoms with Gasteiger partial charge in [-0.3, -0.25) is 4.79 Å². The molecular formula is C12H20O3. The summed E-state index contributed by atoms with van der Waals surface area (Å²) in [5.41, 5.74) is 0. The number of hydrogen-bond donors (Lipinski definition) is 2. The van der Waals surface area contributed by atoms with Crippen LogP contribution in [-0.2, 0) is 4.79 Å². The summed E-state index contributed by atoms with van der Waals surface area (Å²) in [7, 11) is 0. The van der Waals surface area contributed by atoms with Crippen molar-refractivity contribution in [2.45, 2.75) is 38.7 Å². The third kappa shape index (κ3) is 9.38. The molecule has 2 N–H and O–H groups in total. The number of allylic oxidation sites excluding steroid dienone is 4. The van der Waals surface area contributed by atoms with E-state index in [1.165, 1.54) is 0 Å². The molecule has 0 amide bonds. The molecule has 1 unspecified atom stereocenters. The summed E-state index contributed by atoms with van der Waals surface area (Å²) >= 11 is 0. The minimum absolute atomic E-state index is 0.0427. The molecule has 86 valence electrons. The second-order valence-electron chi connectivity index (χ2n) is 3.40. The second-order valence-corrected chi connectivity index (χ2v) is 3.40. The van der Waals surface area contributed by atoms with Gasteiger partial charge < -0.3 is 10.2 Å². The Labute approximate surface area is 91.1 Å². The van der Waals surface area contributed by atoms with Crippen LogP contribution < -0.4 is 0 Å². The quantitative estimate of drug-likeness (QED) is 0.601. The molecule has 1 atom stereocenters. The Bertz CT molecular complexity index is 219. The number of aliphatic hydroxyl groups excluding tert-OH is 2. The van der Waals surface area contributed by atoms with Crippen LogP contribution in [-0.4, -0.2) is 28.7 Å². The second kappa shape index (κ2) is 9.62. The Morgan fingerprint density at radius 1 is 1.40 bits per heavy atom. The molecule has 0 spiro atoms. The van der Waals surface area contributed by atoms with Crippen LogP contribution in [0.15, 0.2) is 24.3 Å². The van der Waals surface area contributed by atoms with Crippen molar-refractivity contribution in [3.63, 3.8) is 0 Å². The van der Waals surface area contributed by atoms with Gasteiger partial charge in [0.1, 0.15) is 5.78 Å². The van der Waals surface area contributed by atoms with Gasteiger partial charge in [-0.15, -0.1) is 0 Å². The Balaban J connectivity index is 3.57. The number of carbonyl (C=O) groups is 1. The van der Waals surface area contributed by atoms with Gasteiger partial charge in [0.25, 0.3) is 0 Å². The average molecular weight is 212 g/mol. The van der Waals surface area contributed by atoms with Crippen molar-refractivity contribution in [3.8, 4) is 0 Å². The zero-order valence-corrected chi connectivity index (χ0v) is 9.22. The fourth-order valence-corrected chi connectivity index (χ4v) is 1.15. The molecule has 0 saturated carbocycles. The van der Waals surface area contributed by atoms with Crippen LogP contribution in [0.5, 0.6) is 0 Å². The van der Waals surface area contributed by atoms with E-state index in [2.05, 4.69) is 0 Å². The maximum Gasteiger partial charge on any atom is 0.135 e. The summed E-state index contributed by atoms with van der Waals surface area (Å²) in [5, 5.41) is 17.8. The molecule has 0 bridgehead atoms. The molecule has 3 nitrogen and oxygen atoms in total. The van der Waals surface area contributed by atoms with Gasteiger partial charge >= 0.3 is 0 Å². The zero-order chi connectivity index (χ0) is 11.5. The van der Waals surface area contributed by atoms with Crippen molar-refractivity contribution in [1.82, 2.24) is 0 Å². The van der Waals surface area contributed by atoms with Gasteiger partial charge in [0.05, 0.1) is 6.10 Å². The van der Waals surface area contributed by atoms with Crippen LogP contribution in [0.4, 0.5) is 0 Å². The van der Waals surface area contributed by atoms with Gasteiger partial charge in [0.2, 0.25) is 0 Å². The van der Waals surface area contributed by atoms with Crippen LogP contribution >= 0.6 is 0 Å². The molecule has 0 heterocycles. The van der Waals surface area contributed by atoms with E-state index in [-0.39, 0.29) is 25.2 Å². The summed E-state index contributed by atoms with van der Waals surface area (Å²) < 4.78 is 0. The molecule has 3 heteroatoms. The van der Waals surface area contributed by atoms with Crippen molar-refractivity contribution in [2.24, 2.45) is 0 Å². The van der Waals surface area contributed by atoms with Crippen LogP contribution in [0.3, 0.4) is 0 Å². The minimum atomic E-state index is -0.693. The maximum absolute atomic E-state index is 11.3. The number of rotatable bonds is 8. The first kappa shape index (κ1) is 14.1. The fraction of sp³-hybridized carbons (Fsp3) is 0.583. The molecule has 0 aliphatic rings. The van der Waals surface area contributed by atoms with Crippen LogP contribution in [0.1, 0.15) is 32.6 Å². The van der Waals surface area contributed by atoms with Gasteiger partial charge in [0, 0.05) is 19.4 Å². The van der Waals surface area contributed by atoms with Gasteiger partial charge in [-0.25, -0.2) is 0 Å². The standard InChI is InChI=1S/C12H20O3/c1-2-3-4-5-6-7-11(14)10-12(15)8-9-13/h2-5,12-13,15H,6-10H2,1H3/b3-2+,5-4+.